The summed E-state index contributed by atoms with van der Waals surface area (Å²) >= 11 is 2.67. The Kier molecular flexibility index (Phi) is 2.52. The highest BCUT2D eigenvalue weighted by atomic mass is 79.9. The van der Waals surface area contributed by atoms with Gasteiger partial charge in [0.15, 0.2) is 7.00 Å². The number of nitrogens with two attached hydrogens (primary N) is 1. The largest absolute Gasteiger partial charge is 0.351 e. The third-order valence-electron chi connectivity index (χ3n) is 0. The van der Waals surface area contributed by atoms with Crippen LogP contribution in [0.5, 0.6) is 0 Å². The summed E-state index contributed by atoms with van der Waals surface area (Å²) < 4.78 is 0. The molecule has 0 saturated heterocycles. The molecule has 0 bridgehead atoms. The second-order valence-electron chi connectivity index (χ2n) is 0.289. The molecule has 0 heterocycles. The number of hydrogen-bond donors (Lipinski definition) is 2. The van der Waals surface area contributed by atoms with Crippen molar-refractivity contribution in [1.29, 1.82) is 0 Å². The molecular weight excluding hydrogens is 141 g/mol. The van der Waals surface area contributed by atoms with E-state index in [2.05, 4.69) is 21.0 Å². The molecule has 0 aliphatic carbocycles. The minimum absolute atomic E-state index is 1.31. The molecule has 2 nitrogen and oxygen atoms in total. The maximum absolute atomic E-state index is 7.81. The van der Waals surface area contributed by atoms with Crippen molar-refractivity contribution < 1.29 is 4.89 Å². The lowest BCUT2D eigenvalue weighted by Gasteiger charge is -1.77. The van der Waals surface area contributed by atoms with Crippen LogP contribution < -0.4 is 5.50 Å². The summed E-state index contributed by atoms with van der Waals surface area (Å²) in [6, 6.07) is 0. The van der Waals surface area contributed by atoms with Gasteiger partial charge in [0.1, 0.15) is 0 Å². The molecule has 0 radical (unpaired) electrons. The van der Waals surface area contributed by atoms with Crippen molar-refractivity contribution in [2.45, 2.75) is 0 Å². The fourth-order valence-electron chi connectivity index (χ4n) is 0. The normalized spacial score (nSPS) is 15.8. The Morgan fingerprint density at radius 3 is 2.00 bits per heavy atom. The van der Waals surface area contributed by atoms with E-state index in [0.29, 0.717) is 0 Å². The van der Waals surface area contributed by atoms with Gasteiger partial charge in [-0.1, -0.05) is 0 Å². The van der Waals surface area contributed by atoms with Crippen LogP contribution in [0.3, 0.4) is 0 Å². The highest BCUT2D eigenvalue weighted by Crippen LogP contribution is 2.26. The smallest absolute Gasteiger partial charge is 0.170 e. The average Bonchev–Trinajstić information content (AvgIpc) is 0.811. The van der Waals surface area contributed by atoms with Gasteiger partial charge in [-0.05, 0) is 15.5 Å². The van der Waals surface area contributed by atoms with Crippen molar-refractivity contribution in [1.82, 2.24) is 0 Å². The molecule has 1 atom stereocenters. The maximum atomic E-state index is 7.81. The standard InChI is InChI=1S/BrH3NOP/c1-4(2)3/h3H,2H2. The molecule has 4 heteroatoms. The van der Waals surface area contributed by atoms with E-state index < -0.39 is 7.00 Å². The fraction of sp³-hybridized carbons (Fsp3) is 0. The zero-order valence-corrected chi connectivity index (χ0v) is 4.33. The molecule has 0 saturated carbocycles. The van der Waals surface area contributed by atoms with Crippen LogP contribution in [0, 0.1) is 0 Å². The van der Waals surface area contributed by atoms with Crippen molar-refractivity contribution >= 4 is 22.5 Å². The average molecular weight is 144 g/mol. The molecule has 0 aromatic rings. The third kappa shape index (κ3) is 13.8. The fourth-order valence-corrected chi connectivity index (χ4v) is 0. The van der Waals surface area contributed by atoms with E-state index in [1.165, 1.54) is 0 Å². The van der Waals surface area contributed by atoms with E-state index in [4.69, 9.17) is 4.89 Å². The summed E-state index contributed by atoms with van der Waals surface area (Å²) in [5.74, 6) is 0. The lowest BCUT2D eigenvalue weighted by Crippen LogP contribution is -1.70. The van der Waals surface area contributed by atoms with Gasteiger partial charge in [-0.3, -0.25) is 5.50 Å². The molecule has 1 unspecified atom stereocenters. The van der Waals surface area contributed by atoms with Crippen molar-refractivity contribution in [2.24, 2.45) is 5.50 Å². The van der Waals surface area contributed by atoms with E-state index in [1.807, 2.05) is 0 Å². The van der Waals surface area contributed by atoms with Crippen LogP contribution in [0.4, 0.5) is 0 Å². The minimum atomic E-state index is -1.31. The van der Waals surface area contributed by atoms with E-state index in [9.17, 15) is 0 Å². The zero-order valence-electron chi connectivity index (χ0n) is 1.85. The van der Waals surface area contributed by atoms with Gasteiger partial charge in [-0.25, -0.2) is 0 Å². The molecule has 0 spiro atoms. The van der Waals surface area contributed by atoms with Crippen molar-refractivity contribution in [3.63, 3.8) is 0 Å². The van der Waals surface area contributed by atoms with E-state index >= 15 is 0 Å². The molecular formula is H3BrNOP. The van der Waals surface area contributed by atoms with E-state index in [-0.39, 0.29) is 0 Å². The predicted octanol–water partition coefficient (Wildman–Crippen LogP) is 0.559. The van der Waals surface area contributed by atoms with Gasteiger partial charge in [0, 0.05) is 0 Å². The van der Waals surface area contributed by atoms with Gasteiger partial charge >= 0.3 is 0 Å². The van der Waals surface area contributed by atoms with Crippen molar-refractivity contribution in [2.75, 3.05) is 0 Å². The minimum Gasteiger partial charge on any atom is -0.351 e. The van der Waals surface area contributed by atoms with Gasteiger partial charge in [-0.15, -0.1) is 0 Å². The molecule has 0 aliphatic rings. The Balaban J connectivity index is 2.32. The second kappa shape index (κ2) is 2.09. The lowest BCUT2D eigenvalue weighted by atomic mass is 13.9. The molecule has 0 fully saturated rings. The Morgan fingerprint density at radius 1 is 2.00 bits per heavy atom. The van der Waals surface area contributed by atoms with Crippen molar-refractivity contribution in [3.05, 3.63) is 0 Å². The van der Waals surface area contributed by atoms with E-state index in [0.717, 1.165) is 0 Å². The summed E-state index contributed by atoms with van der Waals surface area (Å²) in [6.07, 6.45) is 0. The molecule has 0 aromatic heterocycles. The van der Waals surface area contributed by atoms with Crippen LogP contribution in [0.25, 0.3) is 0 Å². The first-order valence-corrected chi connectivity index (χ1v) is 4.01. The van der Waals surface area contributed by atoms with Crippen LogP contribution >= 0.6 is 22.5 Å². The Morgan fingerprint density at radius 2 is 2.00 bits per heavy atom. The molecule has 0 rings (SSSR count). The van der Waals surface area contributed by atoms with Crippen LogP contribution in [-0.4, -0.2) is 4.89 Å². The molecule has 26 valence electrons. The van der Waals surface area contributed by atoms with Crippen LogP contribution in [0.15, 0.2) is 0 Å². The molecule has 0 amide bonds. The first-order chi connectivity index (χ1) is 1.73. The van der Waals surface area contributed by atoms with E-state index in [1.54, 1.807) is 0 Å². The highest BCUT2D eigenvalue weighted by molar-refractivity contribution is 9.38. The van der Waals surface area contributed by atoms with Crippen molar-refractivity contribution in [3.8, 4) is 0 Å². The quantitative estimate of drug-likeness (QED) is 0.487. The summed E-state index contributed by atoms with van der Waals surface area (Å²) in [7, 11) is -1.31. The lowest BCUT2D eigenvalue weighted by molar-refractivity contribution is 0.643. The Labute approximate surface area is 33.6 Å². The Hall–Kier alpha value is 0.830. The number of hydrogen-bond acceptors (Lipinski definition) is 2. The van der Waals surface area contributed by atoms with Gasteiger partial charge in [-0.2, -0.15) is 0 Å². The summed E-state index contributed by atoms with van der Waals surface area (Å²) in [5, 5.41) is 0. The van der Waals surface area contributed by atoms with Crippen LogP contribution in [0.1, 0.15) is 0 Å². The molecule has 0 aliphatic heterocycles. The summed E-state index contributed by atoms with van der Waals surface area (Å²) in [5.41, 5.74) is 4.65. The van der Waals surface area contributed by atoms with Crippen LogP contribution in [0.2, 0.25) is 0 Å². The van der Waals surface area contributed by atoms with Gasteiger partial charge < -0.3 is 4.89 Å². The predicted molar refractivity (Wildman–Crippen MR) is 22.3 cm³/mol. The topological polar surface area (TPSA) is 46.2 Å². The third-order valence-corrected chi connectivity index (χ3v) is 0. The molecule has 3 N–H and O–H groups in total. The van der Waals surface area contributed by atoms with Gasteiger partial charge in [0.25, 0.3) is 0 Å². The second-order valence-corrected chi connectivity index (χ2v) is 3.05. The summed E-state index contributed by atoms with van der Waals surface area (Å²) in [4.78, 5) is 7.81. The maximum Gasteiger partial charge on any atom is 0.170 e. The summed E-state index contributed by atoms with van der Waals surface area (Å²) in [6.45, 7) is 0. The number of rotatable bonds is 0. The SMILES string of the molecule is NP(O)Br. The molecule has 4 heavy (non-hydrogen) atoms. The van der Waals surface area contributed by atoms with Crippen LogP contribution in [-0.2, 0) is 0 Å². The zero-order chi connectivity index (χ0) is 3.58. The molecule has 0 aromatic carbocycles. The monoisotopic (exact) mass is 143 g/mol. The number of halogens is 1. The first kappa shape index (κ1) is 4.83. The van der Waals surface area contributed by atoms with Gasteiger partial charge in [0.2, 0.25) is 0 Å². The Bertz CT molecular complexity index is 12.8. The highest BCUT2D eigenvalue weighted by Gasteiger charge is 1.73. The van der Waals surface area contributed by atoms with Gasteiger partial charge in [0.05, 0.1) is 0 Å². The first-order valence-electron chi connectivity index (χ1n) is 0.627.